The molecule has 0 aliphatic heterocycles. The van der Waals surface area contributed by atoms with Gasteiger partial charge in [-0.05, 0) is 74.6 Å². The molecule has 0 radical (unpaired) electrons. The lowest BCUT2D eigenvalue weighted by atomic mass is 9.60. The van der Waals surface area contributed by atoms with Crippen molar-refractivity contribution in [1.29, 1.82) is 0 Å². The zero-order valence-corrected chi connectivity index (χ0v) is 20.3. The highest BCUT2D eigenvalue weighted by atomic mass is 35.5. The molecule has 2 aromatic carbocycles. The van der Waals surface area contributed by atoms with E-state index in [1.165, 1.54) is 0 Å². The van der Waals surface area contributed by atoms with Gasteiger partial charge in [0.15, 0.2) is 13.2 Å². The number of alkyl halides is 3. The Morgan fingerprint density at radius 1 is 0.946 bits per heavy atom. The first-order valence-electron chi connectivity index (χ1n) is 11.6. The minimum atomic E-state index is -4.90. The molecule has 3 aliphatic rings. The van der Waals surface area contributed by atoms with Crippen molar-refractivity contribution in [2.24, 2.45) is 0 Å². The summed E-state index contributed by atoms with van der Waals surface area (Å²) in [7, 11) is 0. The summed E-state index contributed by atoms with van der Waals surface area (Å²) in [5.41, 5.74) is -3.06. The minimum Gasteiger partial charge on any atom is -0.484 e. The molecule has 3 fully saturated rings. The van der Waals surface area contributed by atoms with Gasteiger partial charge in [0.1, 0.15) is 17.3 Å². The van der Waals surface area contributed by atoms with E-state index < -0.39 is 47.3 Å². The van der Waals surface area contributed by atoms with Crippen LogP contribution in [-0.2, 0) is 15.8 Å². The van der Waals surface area contributed by atoms with Crippen LogP contribution in [0.4, 0.5) is 17.6 Å². The van der Waals surface area contributed by atoms with Crippen molar-refractivity contribution in [2.75, 3.05) is 13.2 Å². The number of ether oxygens (including phenoxy) is 2. The highest BCUT2D eigenvalue weighted by molar-refractivity contribution is 6.30. The van der Waals surface area contributed by atoms with Crippen LogP contribution >= 0.6 is 11.6 Å². The van der Waals surface area contributed by atoms with E-state index in [2.05, 4.69) is 10.6 Å². The quantitative estimate of drug-likeness (QED) is 0.437. The van der Waals surface area contributed by atoms with Crippen molar-refractivity contribution in [3.63, 3.8) is 0 Å². The van der Waals surface area contributed by atoms with Gasteiger partial charge in [0.05, 0.1) is 17.2 Å². The maximum Gasteiger partial charge on any atom is 0.419 e. The molecule has 2 amide bonds. The van der Waals surface area contributed by atoms with Crippen LogP contribution in [0.5, 0.6) is 11.5 Å². The lowest BCUT2D eigenvalue weighted by molar-refractivity contribution is -0.140. The summed E-state index contributed by atoms with van der Waals surface area (Å²) in [5.74, 6) is -2.23. The molecule has 5 rings (SSSR count). The number of benzene rings is 2. The van der Waals surface area contributed by atoms with E-state index in [4.69, 9.17) is 21.1 Å². The molecule has 200 valence electrons. The maximum atomic E-state index is 13.4. The predicted octanol–water partition coefficient (Wildman–Crippen LogP) is 4.00. The van der Waals surface area contributed by atoms with Gasteiger partial charge in [0.25, 0.3) is 11.8 Å². The highest BCUT2D eigenvalue weighted by Crippen LogP contribution is 2.47. The van der Waals surface area contributed by atoms with Crippen LogP contribution in [0.1, 0.15) is 37.7 Å². The Labute approximate surface area is 215 Å². The number of halogens is 5. The average molecular weight is 545 g/mol. The van der Waals surface area contributed by atoms with Crippen molar-refractivity contribution in [1.82, 2.24) is 10.6 Å². The number of nitrogens with one attached hydrogen (secondary N) is 2. The molecule has 0 unspecified atom stereocenters. The molecular formula is C25H25ClF4N2O5. The van der Waals surface area contributed by atoms with Gasteiger partial charge in [-0.15, -0.1) is 0 Å². The van der Waals surface area contributed by atoms with Gasteiger partial charge in [-0.25, -0.2) is 4.39 Å². The van der Waals surface area contributed by atoms with Crippen LogP contribution in [0.25, 0.3) is 0 Å². The number of hydrogen-bond acceptors (Lipinski definition) is 5. The summed E-state index contributed by atoms with van der Waals surface area (Å²) in [5, 5.41) is 17.1. The monoisotopic (exact) mass is 544 g/mol. The van der Waals surface area contributed by atoms with Crippen LogP contribution in [0.2, 0.25) is 5.02 Å². The number of amides is 2. The minimum absolute atomic E-state index is 0.210. The number of rotatable bonds is 8. The van der Waals surface area contributed by atoms with Crippen LogP contribution in [0.3, 0.4) is 0 Å². The molecule has 37 heavy (non-hydrogen) atoms. The molecule has 0 saturated heterocycles. The summed E-state index contributed by atoms with van der Waals surface area (Å²) in [6.45, 7) is -0.820. The first-order chi connectivity index (χ1) is 17.4. The molecule has 2 bridgehead atoms. The Hall–Kier alpha value is -3.05. The van der Waals surface area contributed by atoms with Crippen LogP contribution < -0.4 is 20.1 Å². The molecule has 1 atom stereocenters. The van der Waals surface area contributed by atoms with E-state index in [0.29, 0.717) is 48.6 Å². The molecule has 7 nitrogen and oxygen atoms in total. The maximum absolute atomic E-state index is 13.4. The molecule has 12 heteroatoms. The summed E-state index contributed by atoms with van der Waals surface area (Å²) in [4.78, 5) is 25.0. The first-order valence-corrected chi connectivity index (χ1v) is 12.0. The Balaban J connectivity index is 1.28. The van der Waals surface area contributed by atoms with E-state index in [1.807, 2.05) is 0 Å². The topological polar surface area (TPSA) is 96.9 Å². The van der Waals surface area contributed by atoms with Crippen LogP contribution in [0, 0.1) is 5.82 Å². The number of carbonyl (C=O) groups is 2. The van der Waals surface area contributed by atoms with Crippen molar-refractivity contribution >= 4 is 23.4 Å². The largest absolute Gasteiger partial charge is 0.484 e. The van der Waals surface area contributed by atoms with Crippen LogP contribution in [-0.4, -0.2) is 47.3 Å². The molecule has 3 N–H and O–H groups in total. The van der Waals surface area contributed by atoms with Gasteiger partial charge in [-0.3, -0.25) is 9.59 Å². The Morgan fingerprint density at radius 2 is 1.51 bits per heavy atom. The van der Waals surface area contributed by atoms with E-state index in [0.717, 1.165) is 6.07 Å². The van der Waals surface area contributed by atoms with Crippen molar-refractivity contribution in [2.45, 2.75) is 55.5 Å². The number of aliphatic hydroxyl groups excluding tert-OH is 1. The van der Waals surface area contributed by atoms with Crippen LogP contribution in [0.15, 0.2) is 42.5 Å². The summed E-state index contributed by atoms with van der Waals surface area (Å²) in [6.07, 6.45) is -3.87. The Kier molecular flexibility index (Phi) is 7.57. The lowest BCUT2D eigenvalue weighted by Gasteiger charge is -2.56. The molecular weight excluding hydrogens is 520 g/mol. The van der Waals surface area contributed by atoms with Gasteiger partial charge in [0.2, 0.25) is 0 Å². The number of aliphatic hydroxyl groups is 1. The zero-order valence-electron chi connectivity index (χ0n) is 19.5. The average Bonchev–Trinajstić information content (AvgIpc) is 2.83. The van der Waals surface area contributed by atoms with E-state index in [9.17, 15) is 32.3 Å². The van der Waals surface area contributed by atoms with Gasteiger partial charge < -0.3 is 25.2 Å². The molecule has 3 aliphatic carbocycles. The van der Waals surface area contributed by atoms with Crippen molar-refractivity contribution < 1.29 is 41.7 Å². The molecule has 2 aromatic rings. The highest BCUT2D eigenvalue weighted by Gasteiger charge is 2.55. The summed E-state index contributed by atoms with van der Waals surface area (Å²) < 4.78 is 62.7. The smallest absolute Gasteiger partial charge is 0.419 e. The second-order valence-corrected chi connectivity index (χ2v) is 9.86. The number of fused-ring (bicyclic) bond motifs is 3. The summed E-state index contributed by atoms with van der Waals surface area (Å²) >= 11 is 5.83. The lowest BCUT2D eigenvalue weighted by Crippen LogP contribution is -2.70. The number of carbonyl (C=O) groups excluding carboxylic acids is 2. The van der Waals surface area contributed by atoms with Gasteiger partial charge in [0, 0.05) is 10.6 Å². The third kappa shape index (κ3) is 6.27. The molecule has 0 spiro atoms. The van der Waals surface area contributed by atoms with Gasteiger partial charge >= 0.3 is 6.18 Å². The molecule has 0 heterocycles. The Bertz CT molecular complexity index is 1150. The number of hydrogen-bond donors (Lipinski definition) is 3. The first kappa shape index (κ1) is 27.0. The van der Waals surface area contributed by atoms with Crippen molar-refractivity contribution in [3.8, 4) is 11.5 Å². The fourth-order valence-corrected chi connectivity index (χ4v) is 5.07. The fraction of sp³-hybridized carbons (Fsp3) is 0.440. The second kappa shape index (κ2) is 10.4. The van der Waals surface area contributed by atoms with E-state index in [-0.39, 0.29) is 24.7 Å². The van der Waals surface area contributed by atoms with E-state index in [1.54, 1.807) is 24.3 Å². The van der Waals surface area contributed by atoms with Gasteiger partial charge in [-0.2, -0.15) is 13.2 Å². The predicted molar refractivity (Wildman–Crippen MR) is 125 cm³/mol. The third-order valence-electron chi connectivity index (χ3n) is 6.91. The van der Waals surface area contributed by atoms with Crippen molar-refractivity contribution in [3.05, 3.63) is 58.9 Å². The third-order valence-corrected chi connectivity index (χ3v) is 7.16. The molecule has 0 aromatic heterocycles. The normalized spacial score (nSPS) is 24.9. The second-order valence-electron chi connectivity index (χ2n) is 9.42. The summed E-state index contributed by atoms with van der Waals surface area (Å²) in [6, 6.07) is 8.69. The zero-order chi connectivity index (χ0) is 26.8. The van der Waals surface area contributed by atoms with E-state index >= 15 is 0 Å². The Morgan fingerprint density at radius 3 is 2.11 bits per heavy atom. The standard InChI is InChI=1S/C25H25ClF4N2O5/c26-15-1-3-16(4-2-15)36-13-21(34)31-23-7-9-24(10-8-23,20(33)12-23)32-22(35)14-37-17-5-6-19(27)18(11-17)25(28,29)30/h1-6,11,20,33H,7-10,12-14H2,(H,31,34)(H,32,35)/t20-,23?,24?/m1/s1. The SMILES string of the molecule is O=C(COc1ccc(Cl)cc1)NC12CCC(NC(=O)COc3ccc(F)c(C(F)(F)F)c3)(CC1)[C@H](O)C2. The molecule has 3 saturated carbocycles. The fourth-order valence-electron chi connectivity index (χ4n) is 4.95. The van der Waals surface area contributed by atoms with Gasteiger partial charge in [-0.1, -0.05) is 11.6 Å².